The quantitative estimate of drug-likeness (QED) is 0.892. The third-order valence-electron chi connectivity index (χ3n) is 3.26. The lowest BCUT2D eigenvalue weighted by Gasteiger charge is -2.18. The summed E-state index contributed by atoms with van der Waals surface area (Å²) in [6, 6.07) is 11.9. The third-order valence-corrected chi connectivity index (χ3v) is 3.26. The molecule has 0 saturated heterocycles. The van der Waals surface area contributed by atoms with Gasteiger partial charge in [-0.25, -0.2) is 0 Å². The van der Waals surface area contributed by atoms with Gasteiger partial charge in [0.25, 0.3) is 0 Å². The van der Waals surface area contributed by atoms with E-state index in [2.05, 4.69) is 16.0 Å². The number of pyridine rings is 1. The lowest BCUT2D eigenvalue weighted by atomic mass is 10.2. The smallest absolute Gasteiger partial charge is 0.123 e. The van der Waals surface area contributed by atoms with Crippen molar-refractivity contribution in [3.63, 3.8) is 0 Å². The molecule has 4 nitrogen and oxygen atoms in total. The van der Waals surface area contributed by atoms with E-state index < -0.39 is 0 Å². The summed E-state index contributed by atoms with van der Waals surface area (Å²) in [7, 11) is 0. The first-order valence-electron chi connectivity index (χ1n) is 6.45. The van der Waals surface area contributed by atoms with Gasteiger partial charge in [0, 0.05) is 37.1 Å². The Morgan fingerprint density at radius 1 is 1.26 bits per heavy atom. The molecule has 4 heteroatoms. The van der Waals surface area contributed by atoms with Gasteiger partial charge in [0.15, 0.2) is 0 Å². The van der Waals surface area contributed by atoms with Crippen molar-refractivity contribution in [3.8, 4) is 5.75 Å². The zero-order chi connectivity index (χ0) is 13.1. The van der Waals surface area contributed by atoms with Gasteiger partial charge >= 0.3 is 0 Å². The van der Waals surface area contributed by atoms with Gasteiger partial charge in [-0.05, 0) is 18.2 Å². The molecular formula is C15H17N3O. The van der Waals surface area contributed by atoms with Crippen molar-refractivity contribution >= 4 is 5.69 Å². The number of hydrogen-bond donors (Lipinski definition) is 1. The molecule has 98 valence electrons. The highest BCUT2D eigenvalue weighted by molar-refractivity contribution is 5.37. The van der Waals surface area contributed by atoms with Crippen LogP contribution in [0.2, 0.25) is 0 Å². The zero-order valence-corrected chi connectivity index (χ0v) is 10.7. The zero-order valence-electron chi connectivity index (χ0n) is 10.7. The van der Waals surface area contributed by atoms with E-state index in [9.17, 15) is 0 Å². The number of hydrogen-bond acceptors (Lipinski definition) is 4. The molecule has 19 heavy (non-hydrogen) atoms. The topological polar surface area (TPSA) is 51.4 Å². The number of aromatic nitrogens is 1. The first kappa shape index (κ1) is 12.0. The average Bonchev–Trinajstić information content (AvgIpc) is 2.60. The summed E-state index contributed by atoms with van der Waals surface area (Å²) in [6.45, 7) is 3.28. The van der Waals surface area contributed by atoms with Gasteiger partial charge in [0.1, 0.15) is 12.4 Å². The summed E-state index contributed by atoms with van der Waals surface area (Å²) >= 11 is 0. The molecule has 0 fully saturated rings. The van der Waals surface area contributed by atoms with Crippen LogP contribution in [0.5, 0.6) is 5.75 Å². The van der Waals surface area contributed by atoms with Crippen molar-refractivity contribution in [2.45, 2.75) is 13.1 Å². The van der Waals surface area contributed by atoms with E-state index >= 15 is 0 Å². The van der Waals surface area contributed by atoms with Crippen LogP contribution in [0, 0.1) is 0 Å². The van der Waals surface area contributed by atoms with E-state index in [4.69, 9.17) is 10.5 Å². The van der Waals surface area contributed by atoms with Crippen LogP contribution >= 0.6 is 0 Å². The van der Waals surface area contributed by atoms with Gasteiger partial charge in [-0.1, -0.05) is 18.2 Å². The Bertz CT molecular complexity index is 571. The van der Waals surface area contributed by atoms with Crippen LogP contribution in [0.15, 0.2) is 42.6 Å². The van der Waals surface area contributed by atoms with Crippen molar-refractivity contribution in [1.29, 1.82) is 0 Å². The predicted octanol–water partition coefficient (Wildman–Crippen LogP) is 2.06. The molecule has 1 aromatic heterocycles. The maximum absolute atomic E-state index is 5.79. The molecule has 1 aliphatic heterocycles. The number of para-hydroxylation sites is 1. The predicted molar refractivity (Wildman–Crippen MR) is 74.7 cm³/mol. The van der Waals surface area contributed by atoms with Crippen LogP contribution in [-0.2, 0) is 13.1 Å². The van der Waals surface area contributed by atoms with Gasteiger partial charge in [-0.3, -0.25) is 9.88 Å². The van der Waals surface area contributed by atoms with E-state index in [1.54, 1.807) is 6.20 Å². The molecule has 0 atom stereocenters. The molecule has 0 amide bonds. The Morgan fingerprint density at radius 3 is 3.05 bits per heavy atom. The number of anilines is 1. The summed E-state index contributed by atoms with van der Waals surface area (Å²) in [6.07, 6.45) is 1.76. The molecule has 0 radical (unpaired) electrons. The second-order valence-corrected chi connectivity index (χ2v) is 4.75. The summed E-state index contributed by atoms with van der Waals surface area (Å²) in [5.74, 6) is 0.991. The molecule has 3 rings (SSSR count). The molecule has 0 spiro atoms. The van der Waals surface area contributed by atoms with E-state index in [1.165, 1.54) is 5.56 Å². The lowest BCUT2D eigenvalue weighted by Crippen LogP contribution is -2.25. The number of nitrogens with two attached hydrogens (primary N) is 1. The van der Waals surface area contributed by atoms with Crippen molar-refractivity contribution in [2.75, 3.05) is 18.9 Å². The average molecular weight is 255 g/mol. The minimum atomic E-state index is 0.708. The molecule has 0 aliphatic carbocycles. The Kier molecular flexibility index (Phi) is 3.33. The molecule has 2 N–H and O–H groups in total. The van der Waals surface area contributed by atoms with Gasteiger partial charge < -0.3 is 10.5 Å². The largest absolute Gasteiger partial charge is 0.492 e. The van der Waals surface area contributed by atoms with E-state index in [1.807, 2.05) is 30.3 Å². The molecule has 1 aliphatic rings. The number of nitrogen functional groups attached to an aromatic ring is 1. The van der Waals surface area contributed by atoms with Crippen LogP contribution in [0.1, 0.15) is 11.3 Å². The maximum Gasteiger partial charge on any atom is 0.123 e. The Balaban J connectivity index is 1.76. The fourth-order valence-corrected chi connectivity index (χ4v) is 2.33. The van der Waals surface area contributed by atoms with Crippen LogP contribution in [0.4, 0.5) is 5.69 Å². The number of rotatable bonds is 2. The van der Waals surface area contributed by atoms with Crippen LogP contribution in [0.3, 0.4) is 0 Å². The Hall–Kier alpha value is -2.07. The molecule has 1 aromatic carbocycles. The van der Waals surface area contributed by atoms with Crippen molar-refractivity contribution in [2.24, 2.45) is 0 Å². The van der Waals surface area contributed by atoms with E-state index in [0.717, 1.165) is 36.8 Å². The molecule has 2 aromatic rings. The summed E-state index contributed by atoms with van der Waals surface area (Å²) in [4.78, 5) is 6.68. The monoisotopic (exact) mass is 255 g/mol. The lowest BCUT2D eigenvalue weighted by molar-refractivity contribution is 0.218. The van der Waals surface area contributed by atoms with Crippen LogP contribution in [-0.4, -0.2) is 23.0 Å². The second-order valence-electron chi connectivity index (χ2n) is 4.75. The van der Waals surface area contributed by atoms with E-state index in [-0.39, 0.29) is 0 Å². The first-order chi connectivity index (χ1) is 9.31. The normalized spacial score (nSPS) is 15.4. The van der Waals surface area contributed by atoms with Crippen molar-refractivity contribution in [1.82, 2.24) is 9.88 Å². The third kappa shape index (κ3) is 2.85. The minimum Gasteiger partial charge on any atom is -0.492 e. The van der Waals surface area contributed by atoms with Crippen molar-refractivity contribution in [3.05, 3.63) is 53.9 Å². The van der Waals surface area contributed by atoms with Crippen LogP contribution in [0.25, 0.3) is 0 Å². The number of nitrogens with zero attached hydrogens (tertiary/aromatic N) is 2. The molecular weight excluding hydrogens is 238 g/mol. The number of ether oxygens (including phenoxy) is 1. The molecule has 0 unspecified atom stereocenters. The summed E-state index contributed by atoms with van der Waals surface area (Å²) < 4.78 is 5.75. The fraction of sp³-hybridized carbons (Fsp3) is 0.267. The standard InChI is InChI=1S/C15H17N3O/c16-13-5-6-17-14(9-13)11-18-7-8-19-15-4-2-1-3-12(15)10-18/h1-6,9H,7-8,10-11H2,(H2,16,17). The number of fused-ring (bicyclic) bond motifs is 1. The van der Waals surface area contributed by atoms with Crippen LogP contribution < -0.4 is 10.5 Å². The first-order valence-corrected chi connectivity index (χ1v) is 6.45. The second kappa shape index (κ2) is 5.28. The molecule has 0 saturated carbocycles. The highest BCUT2D eigenvalue weighted by Gasteiger charge is 2.15. The highest BCUT2D eigenvalue weighted by Crippen LogP contribution is 2.23. The number of benzene rings is 1. The minimum absolute atomic E-state index is 0.708. The fourth-order valence-electron chi connectivity index (χ4n) is 2.33. The Morgan fingerprint density at radius 2 is 2.16 bits per heavy atom. The summed E-state index contributed by atoms with van der Waals surface area (Å²) in [5.41, 5.74) is 8.77. The van der Waals surface area contributed by atoms with Gasteiger partial charge in [0.2, 0.25) is 0 Å². The molecule has 2 heterocycles. The van der Waals surface area contributed by atoms with Gasteiger partial charge in [-0.2, -0.15) is 0 Å². The highest BCUT2D eigenvalue weighted by atomic mass is 16.5. The Labute approximate surface area is 112 Å². The van der Waals surface area contributed by atoms with Gasteiger partial charge in [-0.15, -0.1) is 0 Å². The van der Waals surface area contributed by atoms with Crippen molar-refractivity contribution < 1.29 is 4.74 Å². The molecule has 0 bridgehead atoms. The SMILES string of the molecule is Nc1ccnc(CN2CCOc3ccccc3C2)c1. The van der Waals surface area contributed by atoms with E-state index in [0.29, 0.717) is 6.61 Å². The van der Waals surface area contributed by atoms with Gasteiger partial charge in [0.05, 0.1) is 5.69 Å². The maximum atomic E-state index is 5.79. The summed E-state index contributed by atoms with van der Waals surface area (Å²) in [5, 5.41) is 0.